The average molecular weight is 833 g/mol. The first-order valence-corrected chi connectivity index (χ1v) is 20.2. The Morgan fingerprint density at radius 2 is 1.21 bits per heavy atom. The highest BCUT2D eigenvalue weighted by atomic mass is 32.2. The van der Waals surface area contributed by atoms with Crippen LogP contribution in [0.2, 0.25) is 0 Å². The fraction of sp³-hybridized carbons (Fsp3) is 0.302. The summed E-state index contributed by atoms with van der Waals surface area (Å²) < 4.78 is 24.7. The molecule has 1 aliphatic carbocycles. The average Bonchev–Trinajstić information content (AvgIpc) is 3.25. The van der Waals surface area contributed by atoms with E-state index in [1.165, 1.54) is 30.8 Å². The number of carbonyl (C=O) groups is 4. The van der Waals surface area contributed by atoms with Crippen molar-refractivity contribution >= 4 is 58.5 Å². The molecule has 2 N–H and O–H groups in total. The van der Waals surface area contributed by atoms with Gasteiger partial charge >= 0.3 is 11.9 Å². The Labute approximate surface area is 344 Å². The Morgan fingerprint density at radius 3 is 1.76 bits per heavy atom. The van der Waals surface area contributed by atoms with Gasteiger partial charge in [-0.3, -0.25) is 9.59 Å². The molecule has 1 aliphatic rings. The van der Waals surface area contributed by atoms with Gasteiger partial charge in [0.2, 0.25) is 11.6 Å². The van der Waals surface area contributed by atoms with Crippen molar-refractivity contribution in [3.05, 3.63) is 108 Å². The summed E-state index contributed by atoms with van der Waals surface area (Å²) in [5.74, 6) is -1.14. The van der Waals surface area contributed by atoms with E-state index in [4.69, 9.17) is 24.5 Å². The summed E-state index contributed by atoms with van der Waals surface area (Å²) in [5, 5.41) is 24.8. The molecule has 306 valence electrons. The number of carbonyl (C=O) groups excluding carboxylic acids is 4. The molecule has 0 saturated heterocycles. The van der Waals surface area contributed by atoms with E-state index in [9.17, 15) is 23.6 Å². The summed E-state index contributed by atoms with van der Waals surface area (Å²) in [7, 11) is 0. The first-order valence-electron chi connectivity index (χ1n) is 18.5. The second kappa shape index (κ2) is 23.8. The zero-order valence-electron chi connectivity index (χ0n) is 32.4. The largest absolute Gasteiger partial charge is 0.491 e. The van der Waals surface area contributed by atoms with Crippen LogP contribution in [0.3, 0.4) is 0 Å². The molecule has 0 bridgehead atoms. The summed E-state index contributed by atoms with van der Waals surface area (Å²) in [6.07, 6.45) is 5.02. The van der Waals surface area contributed by atoms with Gasteiger partial charge in [-0.1, -0.05) is 60.0 Å². The first-order chi connectivity index (χ1) is 28.0. The maximum absolute atomic E-state index is 14.4. The highest BCUT2D eigenvalue weighted by molar-refractivity contribution is 7.99. The maximum Gasteiger partial charge on any atom is 0.338 e. The maximum atomic E-state index is 14.4. The van der Waals surface area contributed by atoms with E-state index in [0.29, 0.717) is 22.0 Å². The smallest absolute Gasteiger partial charge is 0.338 e. The molecule has 5 rings (SSSR count). The van der Waals surface area contributed by atoms with Gasteiger partial charge in [0.1, 0.15) is 35.3 Å². The van der Waals surface area contributed by atoms with Crippen LogP contribution in [0.1, 0.15) is 80.0 Å². The minimum Gasteiger partial charge on any atom is -0.491 e. The Morgan fingerprint density at radius 1 is 0.690 bits per heavy atom. The molecule has 0 amide bonds. The van der Waals surface area contributed by atoms with Gasteiger partial charge in [-0.05, 0) is 118 Å². The number of aliphatic hydroxyl groups is 2. The Kier molecular flexibility index (Phi) is 18.6. The second-order valence-corrected chi connectivity index (χ2v) is 15.0. The molecular weight excluding hydrogens is 788 g/mol. The summed E-state index contributed by atoms with van der Waals surface area (Å²) in [6, 6.07) is 25.7. The van der Waals surface area contributed by atoms with Crippen LogP contribution in [-0.2, 0) is 19.3 Å². The van der Waals surface area contributed by atoms with Gasteiger partial charge in [-0.2, -0.15) is 0 Å². The number of ether oxygens (including phenoxy) is 2. The number of nitrogens with zero attached hydrogens (tertiary/aromatic N) is 2. The van der Waals surface area contributed by atoms with Gasteiger partial charge in [0.15, 0.2) is 6.79 Å². The van der Waals surface area contributed by atoms with Crippen LogP contribution < -0.4 is 9.47 Å². The first kappa shape index (κ1) is 45.4. The minimum atomic E-state index is -0.558. The molecule has 58 heavy (non-hydrogen) atoms. The second-order valence-electron chi connectivity index (χ2n) is 12.7. The fourth-order valence-corrected chi connectivity index (χ4v) is 6.95. The van der Waals surface area contributed by atoms with Crippen LogP contribution in [-0.4, -0.2) is 65.1 Å². The summed E-state index contributed by atoms with van der Waals surface area (Å²) >= 11 is 2.75. The summed E-state index contributed by atoms with van der Waals surface area (Å²) in [4.78, 5) is 60.7. The van der Waals surface area contributed by atoms with Crippen LogP contribution in [0.15, 0.2) is 121 Å². The molecule has 0 heterocycles. The number of oxime groups is 2. The van der Waals surface area contributed by atoms with Crippen molar-refractivity contribution in [3.63, 3.8) is 0 Å². The summed E-state index contributed by atoms with van der Waals surface area (Å²) in [6.45, 7) is 4.33. The number of rotatable bonds is 17. The minimum absolute atomic E-state index is 0.0416. The van der Waals surface area contributed by atoms with Crippen molar-refractivity contribution in [2.45, 2.75) is 78.9 Å². The van der Waals surface area contributed by atoms with Gasteiger partial charge in [0.25, 0.3) is 0 Å². The van der Waals surface area contributed by atoms with Crippen molar-refractivity contribution in [2.75, 3.05) is 20.0 Å². The molecule has 1 fully saturated rings. The number of hydrogen-bond acceptors (Lipinski definition) is 14. The lowest BCUT2D eigenvalue weighted by Crippen LogP contribution is -2.20. The molecule has 4 aromatic carbocycles. The normalized spacial score (nSPS) is 13.1. The molecule has 0 aliphatic heterocycles. The topological polar surface area (TPSA) is 170 Å². The van der Waals surface area contributed by atoms with Crippen molar-refractivity contribution in [1.29, 1.82) is 0 Å². The monoisotopic (exact) mass is 832 g/mol. The predicted molar refractivity (Wildman–Crippen MR) is 218 cm³/mol. The number of halogens is 1. The predicted octanol–water partition coefficient (Wildman–Crippen LogP) is 8.71. The lowest BCUT2D eigenvalue weighted by molar-refractivity contribution is -0.149. The zero-order valence-corrected chi connectivity index (χ0v) is 34.0. The lowest BCUT2D eigenvalue weighted by Gasteiger charge is -2.18. The number of ketones is 2. The standard InChI is InChI=1S/C23H25NO5S.C20H20FNO5S/c1-16(24-29-23(27)18-5-3-2-4-6-18)22(26)17-7-11-20(12-8-17)30-21-13-9-19(10-14-21)28-15-25;1-3-19(24)27-22-13(2)20(25)14-4-9-18(17(21)12-14)28-16-7-5-15(6-8-16)26-11-10-23/h7-14,18,25H,2-6,15H2,1H3;4-9,12,23H,3,10-11H2,1-2H3/b24-16+;22-13+. The quantitative estimate of drug-likeness (QED) is 0.0342. The lowest BCUT2D eigenvalue weighted by atomic mass is 9.89. The number of aliphatic hydroxyl groups excluding tert-OH is 2. The van der Waals surface area contributed by atoms with E-state index in [0.717, 1.165) is 52.9 Å². The van der Waals surface area contributed by atoms with Gasteiger partial charge < -0.3 is 29.4 Å². The summed E-state index contributed by atoms with van der Waals surface area (Å²) in [5.41, 5.74) is 0.712. The highest BCUT2D eigenvalue weighted by Gasteiger charge is 2.23. The van der Waals surface area contributed by atoms with E-state index in [1.807, 2.05) is 24.3 Å². The van der Waals surface area contributed by atoms with Crippen molar-refractivity contribution in [2.24, 2.45) is 16.2 Å². The molecule has 0 unspecified atom stereocenters. The van der Waals surface area contributed by atoms with Crippen LogP contribution in [0, 0.1) is 11.7 Å². The van der Waals surface area contributed by atoms with Crippen LogP contribution in [0.4, 0.5) is 4.39 Å². The van der Waals surface area contributed by atoms with E-state index in [2.05, 4.69) is 15.1 Å². The van der Waals surface area contributed by atoms with E-state index in [-0.39, 0.29) is 61.1 Å². The number of Topliss-reactive ketones (excluding diaryl/α,β-unsaturated/α-hetero) is 2. The van der Waals surface area contributed by atoms with Crippen molar-refractivity contribution in [1.82, 2.24) is 0 Å². The molecule has 0 atom stereocenters. The van der Waals surface area contributed by atoms with Crippen molar-refractivity contribution in [3.8, 4) is 11.5 Å². The van der Waals surface area contributed by atoms with E-state index in [1.54, 1.807) is 74.1 Å². The zero-order chi connectivity index (χ0) is 41.9. The molecule has 12 nitrogen and oxygen atoms in total. The number of hydrogen-bond donors (Lipinski definition) is 2. The third-order valence-electron chi connectivity index (χ3n) is 8.45. The van der Waals surface area contributed by atoms with E-state index >= 15 is 0 Å². The van der Waals surface area contributed by atoms with Crippen LogP contribution in [0.25, 0.3) is 0 Å². The third-order valence-corrected chi connectivity index (χ3v) is 10.5. The molecular formula is C43H45FN2O10S2. The van der Waals surface area contributed by atoms with Gasteiger partial charge in [0, 0.05) is 37.1 Å². The number of benzene rings is 4. The van der Waals surface area contributed by atoms with Gasteiger partial charge in [-0.25, -0.2) is 14.0 Å². The van der Waals surface area contributed by atoms with Crippen LogP contribution >= 0.6 is 23.5 Å². The SMILES string of the molecule is C/C(=N\OC(=O)C1CCCCC1)C(=O)c1ccc(Sc2ccc(OCO)cc2)cc1.CCC(=O)O/N=C(\C)C(=O)c1ccc(Sc2ccc(OCCO)cc2)c(F)c1. The Hall–Kier alpha value is -5.35. The molecule has 1 saturated carbocycles. The third kappa shape index (κ3) is 14.5. The highest BCUT2D eigenvalue weighted by Crippen LogP contribution is 2.32. The fourth-order valence-electron chi connectivity index (χ4n) is 5.32. The van der Waals surface area contributed by atoms with E-state index < -0.39 is 17.6 Å². The molecule has 0 spiro atoms. The Balaban J connectivity index is 0.000000257. The van der Waals surface area contributed by atoms with Crippen LogP contribution in [0.5, 0.6) is 11.5 Å². The Bertz CT molecular complexity index is 2050. The van der Waals surface area contributed by atoms with Gasteiger partial charge in [-0.15, -0.1) is 0 Å². The van der Waals surface area contributed by atoms with Crippen molar-refractivity contribution < 1.29 is 52.9 Å². The molecule has 0 aromatic heterocycles. The van der Waals surface area contributed by atoms with Gasteiger partial charge in [0.05, 0.1) is 12.5 Å². The molecule has 4 aromatic rings. The molecule has 15 heteroatoms. The molecule has 0 radical (unpaired) electrons.